The van der Waals surface area contributed by atoms with Crippen molar-refractivity contribution >= 4 is 21.6 Å². The Hall–Kier alpha value is -1.64. The number of hydrogen-bond donors (Lipinski definition) is 1. The van der Waals surface area contributed by atoms with Crippen molar-refractivity contribution in [1.82, 2.24) is 9.21 Å². The van der Waals surface area contributed by atoms with Gasteiger partial charge in [-0.25, -0.2) is 8.42 Å². The van der Waals surface area contributed by atoms with Gasteiger partial charge in [-0.3, -0.25) is 9.69 Å². The SMILES string of the molecule is CCOc1ccc(NC(=O)CN2C[C@H](C)C[C@@H](C)C2)cc1S(=O)(=O)N(CC)CC. The van der Waals surface area contributed by atoms with Crippen LogP contribution in [-0.4, -0.2) is 62.9 Å². The van der Waals surface area contributed by atoms with Crippen LogP contribution in [0.15, 0.2) is 23.1 Å². The van der Waals surface area contributed by atoms with E-state index in [1.165, 1.54) is 16.8 Å². The van der Waals surface area contributed by atoms with Gasteiger partial charge < -0.3 is 10.1 Å². The number of anilines is 1. The van der Waals surface area contributed by atoms with Crippen molar-refractivity contribution in [3.05, 3.63) is 18.2 Å². The maximum Gasteiger partial charge on any atom is 0.246 e. The number of benzene rings is 1. The predicted molar refractivity (Wildman–Crippen MR) is 116 cm³/mol. The summed E-state index contributed by atoms with van der Waals surface area (Å²) in [6.07, 6.45) is 1.18. The highest BCUT2D eigenvalue weighted by atomic mass is 32.2. The summed E-state index contributed by atoms with van der Waals surface area (Å²) < 4.78 is 33.0. The van der Waals surface area contributed by atoms with E-state index >= 15 is 0 Å². The number of amides is 1. The first-order valence-corrected chi connectivity index (χ1v) is 11.9. The Labute approximate surface area is 175 Å². The lowest BCUT2D eigenvalue weighted by molar-refractivity contribution is -0.117. The molecule has 0 bridgehead atoms. The molecule has 0 unspecified atom stereocenters. The highest BCUT2D eigenvalue weighted by Crippen LogP contribution is 2.30. The number of sulfonamides is 1. The zero-order valence-electron chi connectivity index (χ0n) is 18.3. The van der Waals surface area contributed by atoms with Crippen LogP contribution in [0.25, 0.3) is 0 Å². The van der Waals surface area contributed by atoms with E-state index < -0.39 is 10.0 Å². The summed E-state index contributed by atoms with van der Waals surface area (Å²) in [6, 6.07) is 4.80. The molecule has 1 aromatic rings. The molecule has 0 aromatic heterocycles. The minimum Gasteiger partial charge on any atom is -0.492 e. The Balaban J connectivity index is 2.20. The van der Waals surface area contributed by atoms with E-state index in [9.17, 15) is 13.2 Å². The molecule has 2 rings (SSSR count). The number of carbonyl (C=O) groups excluding carboxylic acids is 1. The van der Waals surface area contributed by atoms with Crippen LogP contribution in [0.5, 0.6) is 5.75 Å². The Morgan fingerprint density at radius 2 is 1.79 bits per heavy atom. The number of nitrogens with zero attached hydrogens (tertiary/aromatic N) is 2. The fraction of sp³-hybridized carbons (Fsp3) is 0.667. The second kappa shape index (κ2) is 10.4. The number of hydrogen-bond acceptors (Lipinski definition) is 5. The molecule has 7 nitrogen and oxygen atoms in total. The van der Waals surface area contributed by atoms with E-state index in [4.69, 9.17) is 4.74 Å². The molecule has 2 atom stereocenters. The maximum absolute atomic E-state index is 13.0. The monoisotopic (exact) mass is 425 g/mol. The Kier molecular flexibility index (Phi) is 8.48. The third-order valence-corrected chi connectivity index (χ3v) is 7.23. The van der Waals surface area contributed by atoms with Gasteiger partial charge in [-0.1, -0.05) is 27.7 Å². The number of nitrogens with one attached hydrogen (secondary N) is 1. The van der Waals surface area contributed by atoms with Gasteiger partial charge in [0.15, 0.2) is 0 Å². The number of carbonyl (C=O) groups is 1. The second-order valence-electron chi connectivity index (χ2n) is 7.87. The molecule has 1 amide bonds. The molecule has 0 spiro atoms. The zero-order valence-corrected chi connectivity index (χ0v) is 19.1. The van der Waals surface area contributed by atoms with Crippen LogP contribution < -0.4 is 10.1 Å². The van der Waals surface area contributed by atoms with Crippen molar-refractivity contribution in [2.75, 3.05) is 44.6 Å². The molecule has 1 saturated heterocycles. The van der Waals surface area contributed by atoms with Gasteiger partial charge >= 0.3 is 0 Å². The zero-order chi connectivity index (χ0) is 21.6. The predicted octanol–water partition coefficient (Wildman–Crippen LogP) is 3.03. The van der Waals surface area contributed by atoms with E-state index in [-0.39, 0.29) is 10.8 Å². The van der Waals surface area contributed by atoms with Crippen molar-refractivity contribution in [2.45, 2.75) is 45.9 Å². The molecule has 8 heteroatoms. The Morgan fingerprint density at radius 3 is 2.34 bits per heavy atom. The standard InChI is InChI=1S/C21H35N3O4S/c1-6-24(7-2)29(26,27)20-12-18(9-10-19(20)28-8-3)22-21(25)15-23-13-16(4)11-17(5)14-23/h9-10,12,16-17H,6-8,11,13-15H2,1-5H3,(H,22,25)/t16-,17-/m1/s1. The minimum absolute atomic E-state index is 0.0843. The fourth-order valence-electron chi connectivity index (χ4n) is 4.09. The molecule has 1 heterocycles. The highest BCUT2D eigenvalue weighted by molar-refractivity contribution is 7.89. The lowest BCUT2D eigenvalue weighted by atomic mass is 9.92. The lowest BCUT2D eigenvalue weighted by Crippen LogP contribution is -2.42. The molecule has 1 aromatic carbocycles. The number of rotatable bonds is 9. The third-order valence-electron chi connectivity index (χ3n) is 5.16. The molecule has 1 fully saturated rings. The van der Waals surface area contributed by atoms with Crippen LogP contribution in [0.1, 0.15) is 41.0 Å². The molecule has 164 valence electrons. The van der Waals surface area contributed by atoms with Crippen LogP contribution >= 0.6 is 0 Å². The van der Waals surface area contributed by atoms with Gasteiger partial charge in [0, 0.05) is 31.9 Å². The molecule has 29 heavy (non-hydrogen) atoms. The fourth-order valence-corrected chi connectivity index (χ4v) is 5.70. The summed E-state index contributed by atoms with van der Waals surface area (Å²) in [5.74, 6) is 1.31. The maximum atomic E-state index is 13.0. The van der Waals surface area contributed by atoms with Crippen LogP contribution in [0.2, 0.25) is 0 Å². The number of piperidine rings is 1. The summed E-state index contributed by atoms with van der Waals surface area (Å²) >= 11 is 0. The van der Waals surface area contributed by atoms with Crippen molar-refractivity contribution in [3.8, 4) is 5.75 Å². The first-order valence-electron chi connectivity index (χ1n) is 10.5. The van der Waals surface area contributed by atoms with E-state index in [0.717, 1.165) is 13.1 Å². The highest BCUT2D eigenvalue weighted by Gasteiger charge is 2.27. The lowest BCUT2D eigenvalue weighted by Gasteiger charge is -2.34. The number of likely N-dealkylation sites (tertiary alicyclic amines) is 1. The van der Waals surface area contributed by atoms with E-state index in [1.54, 1.807) is 26.0 Å². The van der Waals surface area contributed by atoms with Crippen LogP contribution in [0.4, 0.5) is 5.69 Å². The summed E-state index contributed by atoms with van der Waals surface area (Å²) in [4.78, 5) is 14.8. The Morgan fingerprint density at radius 1 is 1.17 bits per heavy atom. The van der Waals surface area contributed by atoms with Crippen molar-refractivity contribution in [1.29, 1.82) is 0 Å². The van der Waals surface area contributed by atoms with Gasteiger partial charge in [-0.15, -0.1) is 0 Å². The van der Waals surface area contributed by atoms with Gasteiger partial charge in [0.1, 0.15) is 10.6 Å². The quantitative estimate of drug-likeness (QED) is 0.658. The molecular formula is C21H35N3O4S. The molecule has 1 N–H and O–H groups in total. The van der Waals surface area contributed by atoms with E-state index in [1.807, 2.05) is 6.92 Å². The smallest absolute Gasteiger partial charge is 0.246 e. The van der Waals surface area contributed by atoms with E-state index in [2.05, 4.69) is 24.1 Å². The van der Waals surface area contributed by atoms with Crippen LogP contribution in [-0.2, 0) is 14.8 Å². The van der Waals surface area contributed by atoms with Gasteiger partial charge in [-0.05, 0) is 43.4 Å². The first-order chi connectivity index (χ1) is 13.7. The summed E-state index contributed by atoms with van der Waals surface area (Å²) in [5.41, 5.74) is 0.460. The van der Waals surface area contributed by atoms with Crippen molar-refractivity contribution in [3.63, 3.8) is 0 Å². The molecule has 0 radical (unpaired) electrons. The minimum atomic E-state index is -3.71. The van der Waals surface area contributed by atoms with Gasteiger partial charge in [0.25, 0.3) is 0 Å². The third kappa shape index (κ3) is 6.17. The van der Waals surface area contributed by atoms with Gasteiger partial charge in [0.2, 0.25) is 15.9 Å². The topological polar surface area (TPSA) is 79.0 Å². The van der Waals surface area contributed by atoms with Crippen molar-refractivity contribution < 1.29 is 17.9 Å². The first kappa shape index (κ1) is 23.6. The summed E-state index contributed by atoms with van der Waals surface area (Å²) in [5, 5.41) is 2.86. The molecular weight excluding hydrogens is 390 g/mol. The van der Waals surface area contributed by atoms with Gasteiger partial charge in [0.05, 0.1) is 13.2 Å². The molecule has 0 aliphatic carbocycles. The summed E-state index contributed by atoms with van der Waals surface area (Å²) in [7, 11) is -3.71. The Bertz CT molecular complexity index is 783. The van der Waals surface area contributed by atoms with Crippen LogP contribution in [0.3, 0.4) is 0 Å². The van der Waals surface area contributed by atoms with Crippen molar-refractivity contribution in [2.24, 2.45) is 11.8 Å². The van der Waals surface area contributed by atoms with Gasteiger partial charge in [-0.2, -0.15) is 4.31 Å². The summed E-state index contributed by atoms with van der Waals surface area (Å²) in [6.45, 7) is 13.0. The normalized spacial score (nSPS) is 20.6. The van der Waals surface area contributed by atoms with Crippen LogP contribution in [0, 0.1) is 11.8 Å². The largest absolute Gasteiger partial charge is 0.492 e. The second-order valence-corrected chi connectivity index (χ2v) is 9.78. The van der Waals surface area contributed by atoms with E-state index in [0.29, 0.717) is 49.5 Å². The molecule has 1 aliphatic heterocycles. The average Bonchev–Trinajstić information content (AvgIpc) is 2.63. The number of ether oxygens (including phenoxy) is 1. The molecule has 1 aliphatic rings. The average molecular weight is 426 g/mol. The molecule has 0 saturated carbocycles.